The Morgan fingerprint density at radius 3 is 1.94 bits per heavy atom. The van der Waals surface area contributed by atoms with E-state index in [-0.39, 0.29) is 23.7 Å². The second kappa shape index (κ2) is 2.88. The van der Waals surface area contributed by atoms with Gasteiger partial charge in [0.1, 0.15) is 0 Å². The van der Waals surface area contributed by atoms with E-state index in [4.69, 9.17) is 9.47 Å². The maximum atomic E-state index is 10.0. The topological polar surface area (TPSA) is 58.9 Å². The van der Waals surface area contributed by atoms with Gasteiger partial charge in [0.05, 0.1) is 25.4 Å². The van der Waals surface area contributed by atoms with Gasteiger partial charge in [-0.05, 0) is 6.42 Å². The number of aliphatic hydroxyl groups excluding tert-OH is 2. The molecule has 0 radical (unpaired) electrons. The van der Waals surface area contributed by atoms with Crippen molar-refractivity contribution in [1.82, 2.24) is 0 Å². The van der Waals surface area contributed by atoms with E-state index in [2.05, 4.69) is 12.2 Å². The lowest BCUT2D eigenvalue weighted by Gasteiger charge is -2.30. The van der Waals surface area contributed by atoms with Gasteiger partial charge < -0.3 is 19.7 Å². The van der Waals surface area contributed by atoms with Crippen LogP contribution in [0.5, 0.6) is 0 Å². The van der Waals surface area contributed by atoms with Crippen LogP contribution in [0, 0.1) is 23.7 Å². The maximum absolute atomic E-state index is 10.0. The van der Waals surface area contributed by atoms with E-state index < -0.39 is 18.0 Å². The van der Waals surface area contributed by atoms with Crippen molar-refractivity contribution in [2.24, 2.45) is 23.7 Å². The molecular formula is C12H16O4. The lowest BCUT2D eigenvalue weighted by Crippen LogP contribution is -2.40. The van der Waals surface area contributed by atoms with Gasteiger partial charge in [0.15, 0.2) is 5.79 Å². The highest BCUT2D eigenvalue weighted by Crippen LogP contribution is 2.63. The zero-order valence-corrected chi connectivity index (χ0v) is 8.95. The van der Waals surface area contributed by atoms with E-state index in [0.717, 1.165) is 0 Å². The van der Waals surface area contributed by atoms with Gasteiger partial charge in [-0.3, -0.25) is 0 Å². The summed E-state index contributed by atoms with van der Waals surface area (Å²) in [6, 6.07) is 0. The highest BCUT2D eigenvalue weighted by Gasteiger charge is 2.69. The molecule has 0 amide bonds. The molecule has 0 aromatic rings. The molecule has 6 atom stereocenters. The molecule has 3 aliphatic carbocycles. The summed E-state index contributed by atoms with van der Waals surface area (Å²) in [6.45, 7) is 1.25. The molecule has 88 valence electrons. The molecule has 3 fully saturated rings. The Balaban J connectivity index is 1.78. The van der Waals surface area contributed by atoms with Crippen LogP contribution < -0.4 is 0 Å². The van der Waals surface area contributed by atoms with Gasteiger partial charge in [-0.15, -0.1) is 0 Å². The van der Waals surface area contributed by atoms with Crippen LogP contribution in [-0.2, 0) is 9.47 Å². The first-order valence-corrected chi connectivity index (χ1v) is 6.06. The van der Waals surface area contributed by atoms with Crippen LogP contribution in [0.1, 0.15) is 6.42 Å². The lowest BCUT2D eigenvalue weighted by molar-refractivity contribution is -0.194. The first-order valence-electron chi connectivity index (χ1n) is 6.06. The van der Waals surface area contributed by atoms with Crippen LogP contribution in [-0.4, -0.2) is 41.4 Å². The maximum Gasteiger partial charge on any atom is 0.181 e. The standard InChI is InChI=1S/C12H16O4/c13-8-5-9(14)11-7-2-1-6(10(8)11)12(7)15-3-4-16-12/h1-2,6-11,13-14H,3-5H2/t6-,7+,8-,9+,10-,11+. The van der Waals surface area contributed by atoms with E-state index >= 15 is 0 Å². The molecule has 2 N–H and O–H groups in total. The molecule has 4 aliphatic rings. The molecule has 0 aromatic heterocycles. The van der Waals surface area contributed by atoms with Gasteiger partial charge >= 0.3 is 0 Å². The van der Waals surface area contributed by atoms with Gasteiger partial charge in [0.2, 0.25) is 0 Å². The van der Waals surface area contributed by atoms with Crippen LogP contribution in [0.25, 0.3) is 0 Å². The molecule has 1 spiro atoms. The number of hydrogen-bond acceptors (Lipinski definition) is 4. The van der Waals surface area contributed by atoms with E-state index in [1.165, 1.54) is 0 Å². The van der Waals surface area contributed by atoms with Crippen molar-refractivity contribution >= 4 is 0 Å². The van der Waals surface area contributed by atoms with Crippen molar-refractivity contribution < 1.29 is 19.7 Å². The summed E-state index contributed by atoms with van der Waals surface area (Å²) in [5.74, 6) is -0.0851. The molecule has 4 rings (SSSR count). The molecule has 0 unspecified atom stereocenters. The summed E-state index contributed by atoms with van der Waals surface area (Å²) in [4.78, 5) is 0. The van der Waals surface area contributed by atoms with Crippen molar-refractivity contribution in [1.29, 1.82) is 0 Å². The third kappa shape index (κ3) is 0.874. The Morgan fingerprint density at radius 1 is 0.938 bits per heavy atom. The van der Waals surface area contributed by atoms with Gasteiger partial charge in [0.25, 0.3) is 0 Å². The minimum absolute atomic E-state index is 0.114. The monoisotopic (exact) mass is 224 g/mol. The number of fused-ring (bicyclic) bond motifs is 3. The van der Waals surface area contributed by atoms with Crippen LogP contribution in [0.2, 0.25) is 0 Å². The van der Waals surface area contributed by atoms with Crippen LogP contribution >= 0.6 is 0 Å². The number of ether oxygens (including phenoxy) is 2. The van der Waals surface area contributed by atoms with Gasteiger partial charge in [-0.25, -0.2) is 0 Å². The zero-order valence-electron chi connectivity index (χ0n) is 8.95. The third-order valence-corrected chi connectivity index (χ3v) is 4.84. The highest BCUT2D eigenvalue weighted by molar-refractivity contribution is 5.27. The summed E-state index contributed by atoms with van der Waals surface area (Å²) >= 11 is 0. The van der Waals surface area contributed by atoms with E-state index in [9.17, 15) is 10.2 Å². The van der Waals surface area contributed by atoms with Gasteiger partial charge in [-0.2, -0.15) is 0 Å². The summed E-state index contributed by atoms with van der Waals surface area (Å²) in [5, 5.41) is 20.1. The molecule has 2 saturated carbocycles. The molecule has 16 heavy (non-hydrogen) atoms. The highest BCUT2D eigenvalue weighted by atomic mass is 16.7. The minimum atomic E-state index is -0.558. The van der Waals surface area contributed by atoms with Crippen LogP contribution in [0.15, 0.2) is 12.2 Å². The molecular weight excluding hydrogens is 208 g/mol. The summed E-state index contributed by atoms with van der Waals surface area (Å²) in [5.41, 5.74) is 0. The Hall–Kier alpha value is -0.420. The largest absolute Gasteiger partial charge is 0.393 e. The summed E-state index contributed by atoms with van der Waals surface area (Å²) < 4.78 is 11.6. The van der Waals surface area contributed by atoms with E-state index in [1.54, 1.807) is 0 Å². The number of aliphatic hydroxyl groups is 2. The third-order valence-electron chi connectivity index (χ3n) is 4.84. The van der Waals surface area contributed by atoms with Crippen LogP contribution in [0.4, 0.5) is 0 Å². The van der Waals surface area contributed by atoms with E-state index in [1.807, 2.05) is 0 Å². The van der Waals surface area contributed by atoms with Crippen molar-refractivity contribution in [3.63, 3.8) is 0 Å². The second-order valence-corrected chi connectivity index (χ2v) is 5.38. The number of rotatable bonds is 0. The Bertz CT molecular complexity index is 321. The number of hydrogen-bond donors (Lipinski definition) is 2. The average Bonchev–Trinajstić information content (AvgIpc) is 2.98. The summed E-state index contributed by atoms with van der Waals surface area (Å²) in [6.07, 6.45) is 3.89. The zero-order chi connectivity index (χ0) is 10.9. The lowest BCUT2D eigenvalue weighted by atomic mass is 9.84. The predicted octanol–water partition coefficient (Wildman–Crippen LogP) is -0.0968. The van der Waals surface area contributed by atoms with E-state index in [0.29, 0.717) is 19.6 Å². The molecule has 4 nitrogen and oxygen atoms in total. The molecule has 1 saturated heterocycles. The Morgan fingerprint density at radius 2 is 1.44 bits per heavy atom. The Labute approximate surface area is 93.9 Å². The fraction of sp³-hybridized carbons (Fsp3) is 0.833. The predicted molar refractivity (Wildman–Crippen MR) is 54.4 cm³/mol. The van der Waals surface area contributed by atoms with Crippen molar-refractivity contribution in [3.05, 3.63) is 12.2 Å². The SMILES string of the molecule is O[C@@H]1C[C@H](O)[C@H]2[C@@H]1[C@H]1C=C[C@@H]2C12OCCO2. The second-order valence-electron chi connectivity index (χ2n) is 5.38. The molecule has 1 aliphatic heterocycles. The first kappa shape index (κ1) is 9.59. The Kier molecular flexibility index (Phi) is 1.72. The van der Waals surface area contributed by atoms with Crippen molar-refractivity contribution in [2.45, 2.75) is 24.4 Å². The summed E-state index contributed by atoms with van der Waals surface area (Å²) in [7, 11) is 0. The quantitative estimate of drug-likeness (QED) is 0.564. The molecule has 1 heterocycles. The average molecular weight is 224 g/mol. The first-order chi connectivity index (χ1) is 7.74. The normalized spacial score (nSPS) is 56.4. The van der Waals surface area contributed by atoms with Crippen LogP contribution in [0.3, 0.4) is 0 Å². The molecule has 2 bridgehead atoms. The minimum Gasteiger partial charge on any atom is -0.393 e. The van der Waals surface area contributed by atoms with Crippen molar-refractivity contribution in [2.75, 3.05) is 13.2 Å². The van der Waals surface area contributed by atoms with Gasteiger partial charge in [0, 0.05) is 23.7 Å². The van der Waals surface area contributed by atoms with Gasteiger partial charge in [-0.1, -0.05) is 12.2 Å². The molecule has 4 heteroatoms. The van der Waals surface area contributed by atoms with Crippen molar-refractivity contribution in [3.8, 4) is 0 Å². The smallest absolute Gasteiger partial charge is 0.181 e. The molecule has 0 aromatic carbocycles. The fourth-order valence-electron chi connectivity index (χ4n) is 4.38. The fourth-order valence-corrected chi connectivity index (χ4v) is 4.38.